The van der Waals surface area contributed by atoms with Crippen molar-refractivity contribution in [2.24, 2.45) is 23.7 Å². The van der Waals surface area contributed by atoms with Crippen molar-refractivity contribution in [3.63, 3.8) is 0 Å². The average Bonchev–Trinajstić information content (AvgIpc) is 2.84. The summed E-state index contributed by atoms with van der Waals surface area (Å²) in [5, 5.41) is 0. The fourth-order valence-electron chi connectivity index (χ4n) is 6.54. The van der Waals surface area contributed by atoms with E-state index in [9.17, 15) is 22.0 Å². The molecule has 2 aromatic rings. The van der Waals surface area contributed by atoms with Crippen molar-refractivity contribution in [2.45, 2.75) is 90.3 Å². The minimum Gasteiger partial charge on any atom is -0.406 e. The molecule has 0 aromatic heterocycles. The fourth-order valence-corrected chi connectivity index (χ4v) is 6.54. The molecule has 0 spiro atoms. The molecule has 4 rings (SSSR count). The first-order valence-corrected chi connectivity index (χ1v) is 13.5. The van der Waals surface area contributed by atoms with E-state index in [4.69, 9.17) is 0 Å². The van der Waals surface area contributed by atoms with Crippen molar-refractivity contribution >= 4 is 0 Å². The van der Waals surface area contributed by atoms with Gasteiger partial charge in [0, 0.05) is 0 Å². The van der Waals surface area contributed by atoms with Crippen molar-refractivity contribution in [3.05, 3.63) is 53.6 Å². The number of halogens is 5. The van der Waals surface area contributed by atoms with Crippen LogP contribution in [0.25, 0.3) is 11.1 Å². The zero-order chi connectivity index (χ0) is 25.9. The highest BCUT2D eigenvalue weighted by Gasteiger charge is 2.31. The molecular weight excluding hydrogens is 471 g/mol. The molecule has 2 aromatic carbocycles. The van der Waals surface area contributed by atoms with Crippen LogP contribution in [0.4, 0.5) is 22.0 Å². The Labute approximate surface area is 211 Å². The van der Waals surface area contributed by atoms with Crippen LogP contribution in [-0.2, 0) is 0 Å². The summed E-state index contributed by atoms with van der Waals surface area (Å²) in [5.74, 6) is 1.52. The van der Waals surface area contributed by atoms with Gasteiger partial charge in [-0.05, 0) is 110 Å². The molecule has 1 unspecified atom stereocenters. The molecule has 0 radical (unpaired) electrons. The fraction of sp³-hybridized carbons (Fsp3) is 0.600. The average molecular weight is 509 g/mol. The Hall–Kier alpha value is -2.11. The van der Waals surface area contributed by atoms with Crippen LogP contribution in [0.5, 0.6) is 5.75 Å². The van der Waals surface area contributed by atoms with E-state index in [0.29, 0.717) is 11.5 Å². The summed E-state index contributed by atoms with van der Waals surface area (Å²) in [7, 11) is 0. The maximum absolute atomic E-state index is 15.0. The van der Waals surface area contributed by atoms with Crippen molar-refractivity contribution in [1.82, 2.24) is 0 Å². The number of hydrogen-bond donors (Lipinski definition) is 0. The lowest BCUT2D eigenvalue weighted by Crippen LogP contribution is -2.23. The highest BCUT2D eigenvalue weighted by atomic mass is 19.4. The van der Waals surface area contributed by atoms with E-state index in [1.807, 2.05) is 0 Å². The van der Waals surface area contributed by atoms with Gasteiger partial charge in [-0.2, -0.15) is 0 Å². The van der Waals surface area contributed by atoms with E-state index in [0.717, 1.165) is 55.6 Å². The maximum Gasteiger partial charge on any atom is 0.573 e. The number of ether oxygens (including phenoxy) is 1. The second-order valence-corrected chi connectivity index (χ2v) is 11.1. The van der Waals surface area contributed by atoms with E-state index >= 15 is 0 Å². The van der Waals surface area contributed by atoms with Gasteiger partial charge in [-0.3, -0.25) is 0 Å². The van der Waals surface area contributed by atoms with Gasteiger partial charge in [0.25, 0.3) is 0 Å². The first-order chi connectivity index (χ1) is 17.1. The Morgan fingerprint density at radius 1 is 0.833 bits per heavy atom. The lowest BCUT2D eigenvalue weighted by Gasteiger charge is -2.35. The van der Waals surface area contributed by atoms with Gasteiger partial charge in [-0.15, -0.1) is 13.2 Å². The third kappa shape index (κ3) is 6.80. The van der Waals surface area contributed by atoms with Gasteiger partial charge in [0.1, 0.15) is 17.4 Å². The van der Waals surface area contributed by atoms with Crippen LogP contribution < -0.4 is 4.74 Å². The minimum absolute atomic E-state index is 0.136. The summed E-state index contributed by atoms with van der Waals surface area (Å²) < 4.78 is 70.9. The monoisotopic (exact) mass is 508 g/mol. The van der Waals surface area contributed by atoms with Crippen molar-refractivity contribution in [1.29, 1.82) is 0 Å². The highest BCUT2D eigenvalue weighted by molar-refractivity contribution is 5.66. The zero-order valence-electron chi connectivity index (χ0n) is 21.2. The van der Waals surface area contributed by atoms with Crippen LogP contribution in [0.1, 0.15) is 89.5 Å². The van der Waals surface area contributed by atoms with Gasteiger partial charge in [-0.25, -0.2) is 8.78 Å². The van der Waals surface area contributed by atoms with Crippen LogP contribution in [0.15, 0.2) is 36.4 Å². The molecule has 2 saturated carbocycles. The lowest BCUT2D eigenvalue weighted by atomic mass is 9.70. The van der Waals surface area contributed by atoms with Gasteiger partial charge >= 0.3 is 6.36 Å². The Bertz CT molecular complexity index is 960. The molecule has 1 nitrogen and oxygen atoms in total. The largest absolute Gasteiger partial charge is 0.573 e. The topological polar surface area (TPSA) is 9.23 Å². The van der Waals surface area contributed by atoms with E-state index in [2.05, 4.69) is 18.6 Å². The predicted molar refractivity (Wildman–Crippen MR) is 133 cm³/mol. The van der Waals surface area contributed by atoms with E-state index in [-0.39, 0.29) is 17.0 Å². The molecule has 2 aliphatic rings. The normalized spacial score (nSPS) is 26.0. The number of alkyl halides is 3. The summed E-state index contributed by atoms with van der Waals surface area (Å²) in [4.78, 5) is 0. The Morgan fingerprint density at radius 2 is 1.39 bits per heavy atom. The molecule has 0 N–H and O–H groups in total. The van der Waals surface area contributed by atoms with Gasteiger partial charge in [0.05, 0.1) is 5.56 Å². The number of benzene rings is 2. The molecular formula is C30H37F5O. The summed E-state index contributed by atoms with van der Waals surface area (Å²) in [5.41, 5.74) is 0.629. The van der Waals surface area contributed by atoms with Gasteiger partial charge in [0.2, 0.25) is 0 Å². The molecule has 0 heterocycles. The second-order valence-electron chi connectivity index (χ2n) is 11.1. The highest BCUT2D eigenvalue weighted by Crippen LogP contribution is 2.43. The van der Waals surface area contributed by atoms with Crippen LogP contribution in [-0.4, -0.2) is 6.36 Å². The molecule has 198 valence electrons. The van der Waals surface area contributed by atoms with Crippen molar-refractivity contribution in [2.75, 3.05) is 0 Å². The SMILES string of the molecule is CCC1CCC(C(C)CC2CCC(c3cc(F)c(-c4ccc(OC(F)(F)F)cc4)c(F)c3)CC2)CC1. The van der Waals surface area contributed by atoms with Crippen LogP contribution >= 0.6 is 0 Å². The van der Waals surface area contributed by atoms with E-state index < -0.39 is 23.7 Å². The summed E-state index contributed by atoms with van der Waals surface area (Å²) in [6.45, 7) is 4.71. The lowest BCUT2D eigenvalue weighted by molar-refractivity contribution is -0.274. The molecule has 0 amide bonds. The molecule has 0 aliphatic heterocycles. The van der Waals surface area contributed by atoms with Crippen molar-refractivity contribution < 1.29 is 26.7 Å². The van der Waals surface area contributed by atoms with Crippen LogP contribution in [0.3, 0.4) is 0 Å². The molecule has 2 aliphatic carbocycles. The Kier molecular flexibility index (Phi) is 8.62. The van der Waals surface area contributed by atoms with E-state index in [1.54, 1.807) is 0 Å². The first-order valence-electron chi connectivity index (χ1n) is 13.5. The molecule has 0 bridgehead atoms. The zero-order valence-corrected chi connectivity index (χ0v) is 21.2. The Morgan fingerprint density at radius 3 is 1.92 bits per heavy atom. The van der Waals surface area contributed by atoms with Crippen molar-refractivity contribution in [3.8, 4) is 16.9 Å². The minimum atomic E-state index is -4.81. The van der Waals surface area contributed by atoms with Gasteiger partial charge < -0.3 is 4.74 Å². The van der Waals surface area contributed by atoms with E-state index in [1.165, 1.54) is 62.8 Å². The predicted octanol–water partition coefficient (Wildman–Crippen LogP) is 10.0. The first kappa shape index (κ1) is 26.9. The molecule has 1 atom stereocenters. The molecule has 36 heavy (non-hydrogen) atoms. The quantitative estimate of drug-likeness (QED) is 0.338. The van der Waals surface area contributed by atoms with Gasteiger partial charge in [-0.1, -0.05) is 45.2 Å². The molecule has 6 heteroatoms. The van der Waals surface area contributed by atoms with Crippen LogP contribution in [0, 0.1) is 35.3 Å². The summed E-state index contributed by atoms with van der Waals surface area (Å²) >= 11 is 0. The maximum atomic E-state index is 15.0. The number of hydrogen-bond acceptors (Lipinski definition) is 1. The standard InChI is InChI=1S/C30H37F5O/c1-3-20-4-8-22(9-5-20)19(2)16-21-6-10-23(11-7-21)25-17-27(31)29(28(32)18-25)24-12-14-26(15-13-24)36-30(33,34)35/h12-15,17-23H,3-11,16H2,1-2H3. The Balaban J connectivity index is 1.34. The third-order valence-corrected chi connectivity index (χ3v) is 8.74. The second kappa shape index (κ2) is 11.5. The van der Waals surface area contributed by atoms with Crippen LogP contribution in [0.2, 0.25) is 0 Å². The smallest absolute Gasteiger partial charge is 0.406 e. The molecule has 0 saturated heterocycles. The third-order valence-electron chi connectivity index (χ3n) is 8.74. The molecule has 2 fully saturated rings. The summed E-state index contributed by atoms with van der Waals surface area (Å²) in [6.07, 6.45) is 7.24. The van der Waals surface area contributed by atoms with Gasteiger partial charge in [0.15, 0.2) is 0 Å². The summed E-state index contributed by atoms with van der Waals surface area (Å²) in [6, 6.07) is 7.41. The number of rotatable bonds is 7.